The molecule has 9 aromatic carbocycles. The summed E-state index contributed by atoms with van der Waals surface area (Å²) >= 11 is 0. The van der Waals surface area contributed by atoms with Crippen LogP contribution in [0.1, 0.15) is 0 Å². The topological polar surface area (TPSA) is 9.23 Å². The summed E-state index contributed by atoms with van der Waals surface area (Å²) in [7, 11) is -2.84. The van der Waals surface area contributed by atoms with Crippen LogP contribution in [0, 0.1) is 0 Å². The number of benzene rings is 9. The molecule has 1 nitrogen and oxygen atoms in total. The lowest BCUT2D eigenvalue weighted by atomic mass is 9.94. The van der Waals surface area contributed by atoms with Crippen molar-refractivity contribution in [2.24, 2.45) is 0 Å². The molecule has 0 atom stereocenters. The molecule has 51 heavy (non-hydrogen) atoms. The fraction of sp³-hybridized carbons (Fsp3) is 0.0417. The normalized spacial score (nSPS) is 11.9. The van der Waals surface area contributed by atoms with Crippen LogP contribution >= 0.6 is 15.2 Å². The van der Waals surface area contributed by atoms with Gasteiger partial charge in [0.15, 0.2) is 0 Å². The van der Waals surface area contributed by atoms with E-state index in [1.165, 1.54) is 64.1 Å². The Bertz CT molecular complexity index is 2440. The third kappa shape index (κ3) is 5.78. The molecule has 0 aliphatic rings. The van der Waals surface area contributed by atoms with Crippen molar-refractivity contribution in [3.63, 3.8) is 0 Å². The third-order valence-corrected chi connectivity index (χ3v) is 17.0. The van der Waals surface area contributed by atoms with Crippen LogP contribution in [-0.4, -0.2) is 12.8 Å². The van der Waals surface area contributed by atoms with E-state index in [1.807, 2.05) is 0 Å². The molecule has 0 unspecified atom stereocenters. The van der Waals surface area contributed by atoms with Gasteiger partial charge in [-0.2, -0.15) is 0 Å². The predicted octanol–water partition coefficient (Wildman–Crippen LogP) is 9.72. The van der Waals surface area contributed by atoms with Crippen molar-refractivity contribution in [3.05, 3.63) is 200 Å². The molecule has 9 aromatic rings. The average Bonchev–Trinajstić information content (AvgIpc) is 3.21. The van der Waals surface area contributed by atoms with Gasteiger partial charge in [-0.25, -0.2) is 0 Å². The number of hydrogen-bond donors (Lipinski definition) is 0. The fourth-order valence-corrected chi connectivity index (χ4v) is 14.4. The van der Waals surface area contributed by atoms with E-state index in [0.29, 0.717) is 6.61 Å². The zero-order chi connectivity index (χ0) is 34.0. The van der Waals surface area contributed by atoms with Gasteiger partial charge in [-0.15, -0.1) is 0 Å². The zero-order valence-electron chi connectivity index (χ0n) is 28.3. The molecule has 0 N–H and O–H groups in total. The van der Waals surface area contributed by atoms with E-state index in [1.54, 1.807) is 0 Å². The Morgan fingerprint density at radius 3 is 1.43 bits per heavy atom. The number of ether oxygens (including phenoxy) is 1. The van der Waals surface area contributed by atoms with E-state index in [-0.39, 0.29) is 0 Å². The van der Waals surface area contributed by atoms with Gasteiger partial charge in [-0.3, -0.25) is 0 Å². The van der Waals surface area contributed by atoms with Crippen molar-refractivity contribution < 1.29 is 4.74 Å². The van der Waals surface area contributed by atoms with Crippen molar-refractivity contribution in [2.45, 2.75) is 0 Å². The molecule has 0 aliphatic heterocycles. The maximum absolute atomic E-state index is 6.73. The monoisotopic (exact) mass is 691 g/mol. The SMILES string of the molecule is c1ccc(P(c2ccccc2)c2ccc(OCC[P+](c3ccccc3)(c3ccccc3)c3ccc4ccc5cccc6ccc3c4c56)cc2)cc1. The van der Waals surface area contributed by atoms with Gasteiger partial charge in [0, 0.05) is 10.8 Å². The van der Waals surface area contributed by atoms with Crippen molar-refractivity contribution in [3.8, 4) is 5.75 Å². The van der Waals surface area contributed by atoms with E-state index in [9.17, 15) is 0 Å². The Kier molecular flexibility index (Phi) is 8.54. The van der Waals surface area contributed by atoms with Crippen LogP contribution in [-0.2, 0) is 0 Å². The van der Waals surface area contributed by atoms with Crippen LogP contribution in [0.2, 0.25) is 0 Å². The summed E-state index contributed by atoms with van der Waals surface area (Å²) < 4.78 is 6.73. The summed E-state index contributed by atoms with van der Waals surface area (Å²) in [5, 5.41) is 16.1. The van der Waals surface area contributed by atoms with Gasteiger partial charge in [0.25, 0.3) is 0 Å². The zero-order valence-corrected chi connectivity index (χ0v) is 30.1. The minimum atomic E-state index is -2.18. The molecule has 9 rings (SSSR count). The summed E-state index contributed by atoms with van der Waals surface area (Å²) in [6.07, 6.45) is 0.882. The van der Waals surface area contributed by atoms with E-state index < -0.39 is 15.2 Å². The van der Waals surface area contributed by atoms with Gasteiger partial charge in [0.2, 0.25) is 0 Å². The molecule has 0 amide bonds. The van der Waals surface area contributed by atoms with E-state index in [4.69, 9.17) is 4.74 Å². The van der Waals surface area contributed by atoms with Crippen molar-refractivity contribution in [2.75, 3.05) is 12.8 Å². The maximum Gasteiger partial charge on any atom is 0.123 e. The fourth-order valence-electron chi connectivity index (χ4n) is 7.82. The Hall–Kier alpha value is -5.32. The third-order valence-electron chi connectivity index (χ3n) is 10.1. The van der Waals surface area contributed by atoms with Crippen LogP contribution in [0.25, 0.3) is 32.3 Å². The molecule has 244 valence electrons. The number of hydrogen-bond acceptors (Lipinski definition) is 1. The van der Waals surface area contributed by atoms with E-state index in [2.05, 4.69) is 200 Å². The van der Waals surface area contributed by atoms with Crippen molar-refractivity contribution in [1.29, 1.82) is 0 Å². The van der Waals surface area contributed by atoms with Crippen molar-refractivity contribution >= 4 is 79.3 Å². The van der Waals surface area contributed by atoms with Crippen LogP contribution < -0.4 is 36.6 Å². The maximum atomic E-state index is 6.73. The Morgan fingerprint density at radius 1 is 0.392 bits per heavy atom. The lowest BCUT2D eigenvalue weighted by Crippen LogP contribution is -2.35. The lowest BCUT2D eigenvalue weighted by molar-refractivity contribution is 0.343. The van der Waals surface area contributed by atoms with E-state index in [0.717, 1.165) is 11.9 Å². The highest BCUT2D eigenvalue weighted by molar-refractivity contribution is 7.96. The van der Waals surface area contributed by atoms with Gasteiger partial charge < -0.3 is 4.74 Å². The van der Waals surface area contributed by atoms with Crippen LogP contribution in [0.15, 0.2) is 200 Å². The molecular weight excluding hydrogens is 654 g/mol. The molecule has 0 heterocycles. The van der Waals surface area contributed by atoms with Crippen molar-refractivity contribution in [1.82, 2.24) is 0 Å². The standard InChI is InChI=1S/C48H37OP2/c1-5-16-40(17-6-1)50(41-18-7-2-8-19-41)42-30-28-39(29-31-42)49-34-35-51(43-20-9-3-10-21-43,44-22-11-4-12-23-44)46-33-27-38-25-24-36-14-13-15-37-26-32-45(46)48(38)47(36)37/h1-33H,34-35H2/q+1. The molecule has 0 spiro atoms. The molecule has 0 bridgehead atoms. The number of rotatable bonds is 10. The highest BCUT2D eigenvalue weighted by Gasteiger charge is 2.46. The molecule has 0 fully saturated rings. The average molecular weight is 692 g/mol. The van der Waals surface area contributed by atoms with Gasteiger partial charge in [0.05, 0.1) is 0 Å². The van der Waals surface area contributed by atoms with E-state index >= 15 is 0 Å². The summed E-state index contributed by atoms with van der Waals surface area (Å²) in [5.74, 6) is 0.907. The Labute approximate surface area is 301 Å². The second-order valence-electron chi connectivity index (χ2n) is 13.0. The molecule has 0 radical (unpaired) electrons. The molecular formula is C48H37OP2+. The molecule has 0 aromatic heterocycles. The first-order chi connectivity index (χ1) is 25.3. The molecule has 0 saturated carbocycles. The minimum absolute atomic E-state index is 0.602. The second-order valence-corrected chi connectivity index (χ2v) is 18.8. The highest BCUT2D eigenvalue weighted by atomic mass is 31.2. The van der Waals surface area contributed by atoms with Crippen LogP contribution in [0.5, 0.6) is 5.75 Å². The minimum Gasteiger partial charge on any atom is -0.490 e. The first kappa shape index (κ1) is 31.6. The summed E-state index contributed by atoms with van der Waals surface area (Å²) in [4.78, 5) is 0. The smallest absolute Gasteiger partial charge is 0.123 e. The first-order valence-electron chi connectivity index (χ1n) is 17.6. The van der Waals surface area contributed by atoms with Crippen LogP contribution in [0.4, 0.5) is 0 Å². The lowest BCUT2D eigenvalue weighted by Gasteiger charge is -2.29. The van der Waals surface area contributed by atoms with Gasteiger partial charge >= 0.3 is 0 Å². The van der Waals surface area contributed by atoms with Gasteiger partial charge in [0.1, 0.15) is 41.7 Å². The van der Waals surface area contributed by atoms with Gasteiger partial charge in [-0.05, 0) is 93.9 Å². The molecule has 0 saturated heterocycles. The molecule has 3 heteroatoms. The second kappa shape index (κ2) is 13.8. The Balaban J connectivity index is 1.12. The van der Waals surface area contributed by atoms with Gasteiger partial charge in [-0.1, -0.05) is 152 Å². The highest BCUT2D eigenvalue weighted by Crippen LogP contribution is 2.57. The summed E-state index contributed by atoms with van der Waals surface area (Å²) in [6, 6.07) is 73.6. The first-order valence-corrected chi connectivity index (χ1v) is 20.9. The quantitative estimate of drug-likeness (QED) is 0.103. The summed E-state index contributed by atoms with van der Waals surface area (Å²) in [5.41, 5.74) is 0. The molecule has 0 aliphatic carbocycles. The Morgan fingerprint density at radius 2 is 0.863 bits per heavy atom. The summed E-state index contributed by atoms with van der Waals surface area (Å²) in [6.45, 7) is 0.602. The van der Waals surface area contributed by atoms with Crippen LogP contribution in [0.3, 0.4) is 0 Å². The predicted molar refractivity (Wildman–Crippen MR) is 224 cm³/mol. The largest absolute Gasteiger partial charge is 0.490 e.